The number of benzene rings is 8. The van der Waals surface area contributed by atoms with Crippen molar-refractivity contribution in [1.82, 2.24) is 15.0 Å². The lowest BCUT2D eigenvalue weighted by atomic mass is 9.48. The molecule has 0 atom stereocenters. The van der Waals surface area contributed by atoms with Crippen molar-refractivity contribution >= 4 is 76.6 Å². The summed E-state index contributed by atoms with van der Waals surface area (Å²) in [5, 5.41) is 8.55. The van der Waals surface area contributed by atoms with E-state index in [1.807, 2.05) is 54.6 Å². The Labute approximate surface area is 373 Å². The predicted molar refractivity (Wildman–Crippen MR) is 261 cm³/mol. The first kappa shape index (κ1) is 35.8. The summed E-state index contributed by atoms with van der Waals surface area (Å²) in [7, 11) is 0. The van der Waals surface area contributed by atoms with E-state index >= 15 is 0 Å². The third kappa shape index (κ3) is 5.37. The molecule has 0 saturated heterocycles. The quantitative estimate of drug-likeness (QED) is 0.172. The fraction of sp³-hybridized carbons (Fsp3) is 0.169. The Balaban J connectivity index is 0.975. The highest BCUT2D eigenvalue weighted by molar-refractivity contribution is 6.21. The second-order valence-corrected chi connectivity index (χ2v) is 19.3. The maximum Gasteiger partial charge on any atom is 0.167 e. The average Bonchev–Trinajstić information content (AvgIpc) is 4.04. The third-order valence-electron chi connectivity index (χ3n) is 15.5. The molecule has 0 spiro atoms. The fourth-order valence-corrected chi connectivity index (χ4v) is 13.0. The second-order valence-electron chi connectivity index (χ2n) is 19.3. The molecule has 6 heteroatoms. The third-order valence-corrected chi connectivity index (χ3v) is 15.5. The number of aromatic nitrogens is 3. The van der Waals surface area contributed by atoms with Crippen molar-refractivity contribution in [3.63, 3.8) is 0 Å². The summed E-state index contributed by atoms with van der Waals surface area (Å²) in [5.74, 6) is 4.27. The smallest absolute Gasteiger partial charge is 0.167 e. The molecular weight excluding hydrogens is 799 g/mol. The van der Waals surface area contributed by atoms with E-state index in [4.69, 9.17) is 28.2 Å². The Bertz CT molecular complexity index is 3910. The van der Waals surface area contributed by atoms with Crippen molar-refractivity contribution in [3.05, 3.63) is 163 Å². The van der Waals surface area contributed by atoms with Gasteiger partial charge in [0.15, 0.2) is 17.5 Å². The van der Waals surface area contributed by atoms with Crippen LogP contribution in [0.25, 0.3) is 122 Å². The lowest BCUT2D eigenvalue weighted by Crippen LogP contribution is -2.48. The van der Waals surface area contributed by atoms with Gasteiger partial charge in [-0.2, -0.15) is 0 Å². The highest BCUT2D eigenvalue weighted by Gasteiger charge is 2.51. The minimum absolute atomic E-state index is 0.328. The van der Waals surface area contributed by atoms with Gasteiger partial charge < -0.3 is 13.3 Å². The molecule has 0 aliphatic heterocycles. The zero-order valence-corrected chi connectivity index (χ0v) is 35.6. The molecule has 65 heavy (non-hydrogen) atoms. The van der Waals surface area contributed by atoms with Crippen LogP contribution in [0, 0.1) is 17.8 Å². The lowest BCUT2D eigenvalue weighted by molar-refractivity contribution is -0.00518. The van der Waals surface area contributed by atoms with Crippen LogP contribution in [-0.4, -0.2) is 15.0 Å². The van der Waals surface area contributed by atoms with Crippen LogP contribution in [0.1, 0.15) is 44.1 Å². The van der Waals surface area contributed by atoms with Gasteiger partial charge in [0.2, 0.25) is 0 Å². The first-order valence-corrected chi connectivity index (χ1v) is 23.2. The SMILES string of the molecule is c1ccc2c(c1)ccc1oc3c(-c4nc(-c5ccc6oc7ccccc7c6c5)nc(-c5cccc6c5oc5ccccc56)n4)cc(-c4ccc(C56CC7CC(CC(C7)C5)C6)cc4)cc3c12. The van der Waals surface area contributed by atoms with Gasteiger partial charge in [0.25, 0.3) is 0 Å². The Morgan fingerprint density at radius 3 is 1.74 bits per heavy atom. The van der Waals surface area contributed by atoms with Crippen LogP contribution >= 0.6 is 0 Å². The Kier molecular flexibility index (Phi) is 7.30. The largest absolute Gasteiger partial charge is 0.456 e. The highest BCUT2D eigenvalue weighted by Crippen LogP contribution is 2.61. The van der Waals surface area contributed by atoms with Gasteiger partial charge in [-0.15, -0.1) is 0 Å². The Morgan fingerprint density at radius 2 is 0.954 bits per heavy atom. The van der Waals surface area contributed by atoms with E-state index in [9.17, 15) is 0 Å². The van der Waals surface area contributed by atoms with E-state index in [-0.39, 0.29) is 0 Å². The van der Waals surface area contributed by atoms with Crippen LogP contribution in [0.5, 0.6) is 0 Å². The van der Waals surface area contributed by atoms with E-state index in [1.165, 1.54) is 49.5 Å². The van der Waals surface area contributed by atoms with Crippen LogP contribution in [0.15, 0.2) is 171 Å². The molecule has 4 heterocycles. The van der Waals surface area contributed by atoms with Gasteiger partial charge in [0.05, 0.1) is 11.1 Å². The summed E-state index contributed by atoms with van der Waals surface area (Å²) in [5.41, 5.74) is 11.3. The monoisotopic (exact) mass is 839 g/mol. The maximum atomic E-state index is 6.96. The molecule has 4 aliphatic rings. The summed E-state index contributed by atoms with van der Waals surface area (Å²) >= 11 is 0. The summed E-state index contributed by atoms with van der Waals surface area (Å²) in [4.78, 5) is 16.1. The van der Waals surface area contributed by atoms with Crippen molar-refractivity contribution < 1.29 is 13.3 Å². The molecule has 16 rings (SSSR count). The first-order chi connectivity index (χ1) is 32.1. The topological polar surface area (TPSA) is 78.1 Å². The molecule has 4 fully saturated rings. The summed E-state index contributed by atoms with van der Waals surface area (Å²) in [6, 6.07) is 55.7. The van der Waals surface area contributed by atoms with E-state index in [1.54, 1.807) is 0 Å². The molecule has 4 aliphatic carbocycles. The molecule has 4 bridgehead atoms. The summed E-state index contributed by atoms with van der Waals surface area (Å²) < 4.78 is 19.8. The van der Waals surface area contributed by atoms with Crippen molar-refractivity contribution in [2.75, 3.05) is 0 Å². The van der Waals surface area contributed by atoms with Crippen molar-refractivity contribution in [2.24, 2.45) is 17.8 Å². The number of hydrogen-bond donors (Lipinski definition) is 0. The van der Waals surface area contributed by atoms with E-state index < -0.39 is 0 Å². The number of para-hydroxylation sites is 3. The van der Waals surface area contributed by atoms with Crippen molar-refractivity contribution in [3.8, 4) is 45.3 Å². The van der Waals surface area contributed by atoms with Gasteiger partial charge in [-0.25, -0.2) is 15.0 Å². The van der Waals surface area contributed by atoms with Gasteiger partial charge >= 0.3 is 0 Å². The van der Waals surface area contributed by atoms with Gasteiger partial charge in [0.1, 0.15) is 33.5 Å². The van der Waals surface area contributed by atoms with Crippen LogP contribution in [0.2, 0.25) is 0 Å². The molecular formula is C59H41N3O3. The zero-order valence-electron chi connectivity index (χ0n) is 35.6. The molecule has 8 aromatic carbocycles. The van der Waals surface area contributed by atoms with E-state index in [2.05, 4.69) is 103 Å². The molecule has 0 N–H and O–H groups in total. The van der Waals surface area contributed by atoms with Gasteiger partial charge in [-0.3, -0.25) is 0 Å². The molecule has 4 aromatic heterocycles. The molecule has 0 unspecified atom stereocenters. The molecule has 4 saturated carbocycles. The average molecular weight is 840 g/mol. The van der Waals surface area contributed by atoms with Crippen LogP contribution in [-0.2, 0) is 5.41 Å². The number of nitrogens with zero attached hydrogens (tertiary/aromatic N) is 3. The molecule has 12 aromatic rings. The lowest BCUT2D eigenvalue weighted by Gasteiger charge is -2.57. The molecule has 310 valence electrons. The second kappa shape index (κ2) is 13.2. The van der Waals surface area contributed by atoms with Crippen LogP contribution < -0.4 is 0 Å². The Morgan fingerprint density at radius 1 is 0.385 bits per heavy atom. The van der Waals surface area contributed by atoms with Gasteiger partial charge in [-0.1, -0.05) is 103 Å². The standard InChI is InChI=1S/C59H41N3O3/c1-2-9-41-37(8-1)18-23-52-53(41)47-28-39(36-16-20-40(21-17-36)59-30-33-24-34(31-59)26-35(25-33)32-59)29-48(55(47)65-52)58-61-56(38-19-22-51-46(27-38)43-11-4-5-14-49(43)63-51)60-57(62-58)45-13-7-12-44-42-10-3-6-15-50(42)64-54(44)45/h1-23,27-29,33-35H,24-26,30-32H2. The zero-order chi connectivity index (χ0) is 42.4. The number of rotatable bonds is 5. The van der Waals surface area contributed by atoms with Gasteiger partial charge in [-0.05, 0) is 144 Å². The van der Waals surface area contributed by atoms with E-state index in [0.29, 0.717) is 22.9 Å². The van der Waals surface area contributed by atoms with Crippen LogP contribution in [0.3, 0.4) is 0 Å². The van der Waals surface area contributed by atoms with Crippen molar-refractivity contribution in [2.45, 2.75) is 43.9 Å². The predicted octanol–water partition coefficient (Wildman–Crippen LogP) is 15.9. The first-order valence-electron chi connectivity index (χ1n) is 23.2. The normalized spacial score (nSPS) is 20.5. The molecule has 0 radical (unpaired) electrons. The molecule has 0 amide bonds. The highest BCUT2D eigenvalue weighted by atomic mass is 16.3. The minimum Gasteiger partial charge on any atom is -0.456 e. The summed E-state index contributed by atoms with van der Waals surface area (Å²) in [6.45, 7) is 0. The summed E-state index contributed by atoms with van der Waals surface area (Å²) in [6.07, 6.45) is 8.36. The van der Waals surface area contributed by atoms with E-state index in [0.717, 1.165) is 117 Å². The van der Waals surface area contributed by atoms with Crippen molar-refractivity contribution in [1.29, 1.82) is 0 Å². The number of fused-ring (bicyclic) bond motifs is 11. The number of furan rings is 3. The minimum atomic E-state index is 0.328. The maximum absolute atomic E-state index is 6.96. The number of hydrogen-bond acceptors (Lipinski definition) is 6. The van der Waals surface area contributed by atoms with Crippen LogP contribution in [0.4, 0.5) is 0 Å². The van der Waals surface area contributed by atoms with Gasteiger partial charge in [0, 0.05) is 37.9 Å². The fourth-order valence-electron chi connectivity index (χ4n) is 13.0. The Hall–Kier alpha value is -7.57. The molecule has 6 nitrogen and oxygen atoms in total.